The van der Waals surface area contributed by atoms with Crippen LogP contribution in [-0.4, -0.2) is 38.8 Å². The van der Waals surface area contributed by atoms with Crippen molar-refractivity contribution in [2.24, 2.45) is 17.3 Å². The van der Waals surface area contributed by atoms with Crippen molar-refractivity contribution in [2.75, 3.05) is 0 Å². The Hall–Kier alpha value is -2.35. The van der Waals surface area contributed by atoms with Crippen LogP contribution >= 0.6 is 0 Å². The highest BCUT2D eigenvalue weighted by molar-refractivity contribution is 6.90. The van der Waals surface area contributed by atoms with Crippen molar-refractivity contribution in [3.05, 3.63) is 65.1 Å². The summed E-state index contributed by atoms with van der Waals surface area (Å²) in [5.74, 6) is -0.928. The van der Waals surface area contributed by atoms with Gasteiger partial charge in [0.1, 0.15) is 31.9 Å². The van der Waals surface area contributed by atoms with Crippen molar-refractivity contribution in [3.8, 4) is 17.2 Å². The maximum absolute atomic E-state index is 17.1. The van der Waals surface area contributed by atoms with Gasteiger partial charge in [0, 0.05) is 23.8 Å². The second-order valence-corrected chi connectivity index (χ2v) is 29.7. The summed E-state index contributed by atoms with van der Waals surface area (Å²) in [6.07, 6.45) is 9.69. The monoisotopic (exact) mass is 750 g/mol. The predicted molar refractivity (Wildman–Crippen MR) is 212 cm³/mol. The van der Waals surface area contributed by atoms with Crippen molar-refractivity contribution in [3.63, 3.8) is 0 Å². The molecule has 6 rings (SSSR count). The van der Waals surface area contributed by atoms with E-state index in [1.165, 1.54) is 16.7 Å². The lowest BCUT2D eigenvalue weighted by molar-refractivity contribution is -0.209. The minimum absolute atomic E-state index is 0.0553. The van der Waals surface area contributed by atoms with Crippen molar-refractivity contribution in [2.45, 2.75) is 172 Å². The van der Waals surface area contributed by atoms with Gasteiger partial charge < -0.3 is 19.0 Å². The lowest BCUT2D eigenvalue weighted by Crippen LogP contribution is -2.60. The largest absolute Gasteiger partial charge is 0.544 e. The molecule has 0 aromatic heterocycles. The molecular weight excluding hydrogens is 687 g/mol. The fourth-order valence-electron chi connectivity index (χ4n) is 11.0. The Morgan fingerprint density at radius 3 is 2.06 bits per heavy atom. The maximum atomic E-state index is 17.1. The average molecular weight is 751 g/mol. The number of aliphatic hydroxyl groups is 1. The molecular formula is C44H64F2O4Si2. The topological polar surface area (TPSA) is 47.9 Å². The highest BCUT2D eigenvalue weighted by Gasteiger charge is 2.71. The summed E-state index contributed by atoms with van der Waals surface area (Å²) < 4.78 is 52.7. The zero-order valence-electron chi connectivity index (χ0n) is 33.9. The van der Waals surface area contributed by atoms with E-state index in [1.54, 1.807) is 12.5 Å². The molecule has 2 fully saturated rings. The van der Waals surface area contributed by atoms with E-state index in [-0.39, 0.29) is 45.8 Å². The predicted octanol–water partition coefficient (Wildman–Crippen LogP) is 12.2. The molecule has 52 heavy (non-hydrogen) atoms. The first-order valence-corrected chi connectivity index (χ1v) is 25.1. The summed E-state index contributed by atoms with van der Waals surface area (Å²) in [6, 6.07) is 8.44. The van der Waals surface area contributed by atoms with Gasteiger partial charge in [-0.1, -0.05) is 86.9 Å². The molecule has 1 spiro atoms. The SMILES string of the molecule is CC(C)[Si](C#CC(F)(F)[C@]1(O)CC[C@H]2[C@@H]3CCC4=CC5(CCC4=C3[C@@H](c3ccc(O[Si](C)(C)C(C)(C)C)cc3)C[C@@]21C)OC=CO5)(C(C)C)C(C)C. The van der Waals surface area contributed by atoms with Crippen LogP contribution < -0.4 is 4.43 Å². The lowest BCUT2D eigenvalue weighted by Gasteiger charge is -2.55. The summed E-state index contributed by atoms with van der Waals surface area (Å²) in [4.78, 5) is 0. The minimum Gasteiger partial charge on any atom is -0.544 e. The Kier molecular flexibility index (Phi) is 9.95. The van der Waals surface area contributed by atoms with Crippen LogP contribution in [0.3, 0.4) is 0 Å². The Balaban J connectivity index is 1.44. The normalized spacial score (nSPS) is 30.0. The Morgan fingerprint density at radius 1 is 0.904 bits per heavy atom. The van der Waals surface area contributed by atoms with E-state index in [2.05, 4.69) is 117 Å². The van der Waals surface area contributed by atoms with Gasteiger partial charge in [-0.3, -0.25) is 0 Å². The zero-order valence-corrected chi connectivity index (χ0v) is 35.9. The quantitative estimate of drug-likeness (QED) is 0.223. The standard InChI is InChI=1S/C44H64F2O4Si2/c1-29(2)52(30(3)4,31(5)6)26-23-44(45,46)43(47)22-20-38-36-18-15-33-27-42(48-24-25-49-42)21-19-35(33)39(36)37(28-41(38,43)10)32-13-16-34(17-14-32)50-51(11,12)40(7,8)9/h13-14,16-17,24-25,27,29-31,36-38,47H,15,18-22,28H2,1-12H3/t36-,37+,38-,41-,43-/m0/s1. The van der Waals surface area contributed by atoms with Gasteiger partial charge in [0.25, 0.3) is 5.79 Å². The van der Waals surface area contributed by atoms with E-state index >= 15 is 8.78 Å². The van der Waals surface area contributed by atoms with E-state index in [0.29, 0.717) is 19.3 Å². The third kappa shape index (κ3) is 6.08. The van der Waals surface area contributed by atoms with Gasteiger partial charge in [-0.05, 0) is 120 Å². The van der Waals surface area contributed by atoms with E-state index in [1.807, 2.05) is 6.92 Å². The minimum atomic E-state index is -3.54. The van der Waals surface area contributed by atoms with Crippen molar-refractivity contribution in [1.82, 2.24) is 0 Å². The first kappa shape index (κ1) is 39.4. The van der Waals surface area contributed by atoms with Crippen LogP contribution in [0.2, 0.25) is 34.8 Å². The molecule has 1 heterocycles. The van der Waals surface area contributed by atoms with Gasteiger partial charge in [0.05, 0.1) is 0 Å². The molecule has 286 valence electrons. The third-order valence-corrected chi connectivity index (χ3v) is 25.6. The highest BCUT2D eigenvalue weighted by atomic mass is 28.4. The van der Waals surface area contributed by atoms with Crippen molar-refractivity contribution >= 4 is 16.4 Å². The second kappa shape index (κ2) is 13.2. The molecule has 1 aromatic carbocycles. The van der Waals surface area contributed by atoms with Crippen LogP contribution in [0.1, 0.15) is 126 Å². The number of benzene rings is 1. The summed E-state index contributed by atoms with van der Waals surface area (Å²) in [5.41, 5.74) is 5.80. The van der Waals surface area contributed by atoms with Crippen LogP contribution in [0.4, 0.5) is 8.78 Å². The molecule has 0 radical (unpaired) electrons. The molecule has 0 bridgehead atoms. The molecule has 5 aliphatic rings. The molecule has 1 N–H and O–H groups in total. The number of ether oxygens (including phenoxy) is 2. The van der Waals surface area contributed by atoms with Gasteiger partial charge in [-0.25, -0.2) is 0 Å². The Morgan fingerprint density at radius 2 is 1.50 bits per heavy atom. The fourth-order valence-corrected chi connectivity index (χ4v) is 17.3. The summed E-state index contributed by atoms with van der Waals surface area (Å²) >= 11 is 0. The lowest BCUT2D eigenvalue weighted by atomic mass is 9.50. The number of alkyl halides is 2. The van der Waals surface area contributed by atoms with Crippen molar-refractivity contribution in [1.29, 1.82) is 0 Å². The van der Waals surface area contributed by atoms with Crippen LogP contribution in [0, 0.1) is 28.7 Å². The van der Waals surface area contributed by atoms with Crippen LogP contribution in [0.5, 0.6) is 5.75 Å². The molecule has 4 aliphatic carbocycles. The molecule has 0 amide bonds. The summed E-state index contributed by atoms with van der Waals surface area (Å²) in [6.45, 7) is 26.0. The molecule has 1 aliphatic heterocycles. The van der Waals surface area contributed by atoms with Gasteiger partial charge in [-0.15, -0.1) is 5.54 Å². The number of hydrogen-bond donors (Lipinski definition) is 1. The highest BCUT2D eigenvalue weighted by Crippen LogP contribution is 2.69. The van der Waals surface area contributed by atoms with Crippen molar-refractivity contribution < 1.29 is 27.8 Å². The van der Waals surface area contributed by atoms with E-state index < -0.39 is 39.1 Å². The maximum Gasteiger partial charge on any atom is 0.336 e. The molecule has 4 nitrogen and oxygen atoms in total. The molecule has 0 saturated heterocycles. The van der Waals surface area contributed by atoms with Gasteiger partial charge in [0.2, 0.25) is 8.32 Å². The number of rotatable bonds is 7. The van der Waals surface area contributed by atoms with Gasteiger partial charge in [0.15, 0.2) is 0 Å². The number of allylic oxidation sites excluding steroid dienone is 3. The molecule has 1 aromatic rings. The fraction of sp³-hybridized carbons (Fsp3) is 0.682. The van der Waals surface area contributed by atoms with Crippen LogP contribution in [-0.2, 0) is 9.47 Å². The van der Waals surface area contributed by atoms with E-state index in [4.69, 9.17) is 13.9 Å². The van der Waals surface area contributed by atoms with Crippen LogP contribution in [0.25, 0.3) is 0 Å². The van der Waals surface area contributed by atoms with Crippen LogP contribution in [0.15, 0.2) is 59.6 Å². The number of halogens is 2. The Labute approximate surface area is 315 Å². The zero-order chi connectivity index (χ0) is 38.3. The number of fused-ring (bicyclic) bond motifs is 4. The Bertz CT molecular complexity index is 1660. The van der Waals surface area contributed by atoms with Gasteiger partial charge in [-0.2, -0.15) is 8.78 Å². The first-order chi connectivity index (χ1) is 24.0. The average Bonchev–Trinajstić information content (AvgIpc) is 3.61. The van der Waals surface area contributed by atoms with E-state index in [0.717, 1.165) is 30.6 Å². The summed E-state index contributed by atoms with van der Waals surface area (Å²) in [7, 11) is -4.51. The first-order valence-electron chi connectivity index (χ1n) is 19.9. The molecule has 2 saturated carbocycles. The summed E-state index contributed by atoms with van der Waals surface area (Å²) in [5, 5.41) is 12.7. The van der Waals surface area contributed by atoms with E-state index in [9.17, 15) is 5.11 Å². The second-order valence-electron chi connectivity index (χ2n) is 19.4. The van der Waals surface area contributed by atoms with Gasteiger partial charge >= 0.3 is 5.92 Å². The smallest absolute Gasteiger partial charge is 0.336 e. The molecule has 8 heteroatoms. The molecule has 0 unspecified atom stereocenters. The molecule has 5 atom stereocenters. The third-order valence-electron chi connectivity index (χ3n) is 14.9. The number of hydrogen-bond acceptors (Lipinski definition) is 4.